The van der Waals surface area contributed by atoms with Gasteiger partial charge < -0.3 is 14.2 Å². The predicted molar refractivity (Wildman–Crippen MR) is 91.0 cm³/mol. The van der Waals surface area contributed by atoms with Crippen LogP contribution >= 0.6 is 0 Å². The third-order valence-corrected chi connectivity index (χ3v) is 5.38. The number of hydrogen-bond donors (Lipinski definition) is 0. The van der Waals surface area contributed by atoms with Crippen LogP contribution in [-0.2, 0) is 0 Å². The highest BCUT2D eigenvalue weighted by molar-refractivity contribution is 5.94. The number of aromatic nitrogens is 1. The van der Waals surface area contributed by atoms with E-state index in [0.29, 0.717) is 37.5 Å². The number of rotatable bonds is 2. The number of piperidine rings is 1. The zero-order valence-electron chi connectivity index (χ0n) is 14.4. The summed E-state index contributed by atoms with van der Waals surface area (Å²) < 4.78 is 18.5. The standard InChI is InChI=1S/C19H20FN3O3/c20-16-11-14(4-7-21-16)17(24)23-9-6-19(13-23)5-2-8-22(12-19)18(25)15-3-1-10-26-15/h1,3-4,7,10-11H,2,5-6,8-9,12-13H2. The van der Waals surface area contributed by atoms with Crippen LogP contribution in [0.1, 0.15) is 40.2 Å². The predicted octanol–water partition coefficient (Wildman–Crippen LogP) is 2.58. The molecule has 0 radical (unpaired) electrons. The van der Waals surface area contributed by atoms with E-state index < -0.39 is 5.95 Å². The Bertz CT molecular complexity index is 823. The summed E-state index contributed by atoms with van der Waals surface area (Å²) >= 11 is 0. The molecule has 2 fully saturated rings. The van der Waals surface area contributed by atoms with Crippen molar-refractivity contribution in [2.24, 2.45) is 5.41 Å². The number of amides is 2. The number of carbonyl (C=O) groups is 2. The van der Waals surface area contributed by atoms with E-state index in [0.717, 1.165) is 19.3 Å². The van der Waals surface area contributed by atoms with Crippen LogP contribution in [0, 0.1) is 11.4 Å². The molecule has 7 heteroatoms. The highest BCUT2D eigenvalue weighted by atomic mass is 19.1. The lowest BCUT2D eigenvalue weighted by molar-refractivity contribution is 0.0489. The molecule has 136 valence electrons. The molecule has 1 atom stereocenters. The highest BCUT2D eigenvalue weighted by Gasteiger charge is 2.44. The molecule has 6 nitrogen and oxygen atoms in total. The van der Waals surface area contributed by atoms with Gasteiger partial charge in [0.25, 0.3) is 11.8 Å². The van der Waals surface area contributed by atoms with Crippen LogP contribution in [0.2, 0.25) is 0 Å². The van der Waals surface area contributed by atoms with E-state index in [-0.39, 0.29) is 17.2 Å². The summed E-state index contributed by atoms with van der Waals surface area (Å²) in [7, 11) is 0. The molecule has 0 N–H and O–H groups in total. The zero-order valence-corrected chi connectivity index (χ0v) is 14.4. The third kappa shape index (κ3) is 3.09. The fourth-order valence-electron chi connectivity index (χ4n) is 4.10. The molecule has 0 aromatic carbocycles. The van der Waals surface area contributed by atoms with Gasteiger partial charge in [-0.2, -0.15) is 4.39 Å². The van der Waals surface area contributed by atoms with Gasteiger partial charge in [0.05, 0.1) is 6.26 Å². The first kappa shape index (κ1) is 16.8. The first-order chi connectivity index (χ1) is 12.6. The zero-order chi connectivity index (χ0) is 18.1. The molecule has 2 aromatic heterocycles. The Morgan fingerprint density at radius 3 is 2.65 bits per heavy atom. The molecule has 0 aliphatic carbocycles. The van der Waals surface area contributed by atoms with Crippen molar-refractivity contribution in [2.75, 3.05) is 26.2 Å². The number of furan rings is 1. The van der Waals surface area contributed by atoms with Crippen LogP contribution in [0.25, 0.3) is 0 Å². The van der Waals surface area contributed by atoms with Gasteiger partial charge in [-0.1, -0.05) is 0 Å². The van der Waals surface area contributed by atoms with E-state index in [1.807, 2.05) is 4.90 Å². The number of nitrogens with zero attached hydrogens (tertiary/aromatic N) is 3. The van der Waals surface area contributed by atoms with Gasteiger partial charge in [-0.15, -0.1) is 0 Å². The van der Waals surface area contributed by atoms with Gasteiger partial charge in [0.15, 0.2) is 5.76 Å². The molecule has 2 aromatic rings. The molecular weight excluding hydrogens is 337 g/mol. The number of carbonyl (C=O) groups excluding carboxylic acids is 2. The average Bonchev–Trinajstić information content (AvgIpc) is 3.31. The third-order valence-electron chi connectivity index (χ3n) is 5.38. The Morgan fingerprint density at radius 1 is 1.12 bits per heavy atom. The molecule has 2 amide bonds. The summed E-state index contributed by atoms with van der Waals surface area (Å²) in [6.07, 6.45) is 5.52. The van der Waals surface area contributed by atoms with Crippen molar-refractivity contribution in [1.82, 2.24) is 14.8 Å². The monoisotopic (exact) mass is 357 g/mol. The van der Waals surface area contributed by atoms with E-state index in [1.165, 1.54) is 24.6 Å². The molecule has 4 rings (SSSR count). The van der Waals surface area contributed by atoms with Gasteiger partial charge in [0, 0.05) is 49.4 Å². The second kappa shape index (κ2) is 6.55. The van der Waals surface area contributed by atoms with E-state index in [9.17, 15) is 14.0 Å². The number of hydrogen-bond acceptors (Lipinski definition) is 4. The Hall–Kier alpha value is -2.70. The molecule has 1 spiro atoms. The van der Waals surface area contributed by atoms with Gasteiger partial charge in [-0.25, -0.2) is 4.98 Å². The SMILES string of the molecule is O=C(c1ccnc(F)c1)N1CCC2(CCCN(C(=O)c3ccco3)C2)C1. The molecule has 2 saturated heterocycles. The van der Waals surface area contributed by atoms with Gasteiger partial charge >= 0.3 is 0 Å². The smallest absolute Gasteiger partial charge is 0.289 e. The lowest BCUT2D eigenvalue weighted by Crippen LogP contribution is -2.47. The molecule has 2 aliphatic heterocycles. The van der Waals surface area contributed by atoms with Gasteiger partial charge in [-0.3, -0.25) is 9.59 Å². The Balaban J connectivity index is 1.46. The summed E-state index contributed by atoms with van der Waals surface area (Å²) in [5, 5.41) is 0. The van der Waals surface area contributed by atoms with Crippen molar-refractivity contribution in [1.29, 1.82) is 0 Å². The molecule has 0 bridgehead atoms. The lowest BCUT2D eigenvalue weighted by atomic mass is 9.79. The van der Waals surface area contributed by atoms with Crippen LogP contribution in [-0.4, -0.2) is 52.8 Å². The second-order valence-electron chi connectivity index (χ2n) is 7.15. The van der Waals surface area contributed by atoms with E-state index in [1.54, 1.807) is 17.0 Å². The molecule has 2 aliphatic rings. The summed E-state index contributed by atoms with van der Waals surface area (Å²) in [4.78, 5) is 32.3. The molecule has 4 heterocycles. The summed E-state index contributed by atoms with van der Waals surface area (Å²) in [5.74, 6) is -0.592. The Morgan fingerprint density at radius 2 is 1.92 bits per heavy atom. The number of likely N-dealkylation sites (tertiary alicyclic amines) is 2. The van der Waals surface area contributed by atoms with Crippen LogP contribution in [0.4, 0.5) is 4.39 Å². The molecule has 0 saturated carbocycles. The molecular formula is C19H20FN3O3. The highest BCUT2D eigenvalue weighted by Crippen LogP contribution is 2.39. The first-order valence-electron chi connectivity index (χ1n) is 8.80. The van der Waals surface area contributed by atoms with Gasteiger partial charge in [0.1, 0.15) is 0 Å². The Kier molecular flexibility index (Phi) is 4.22. The average molecular weight is 357 g/mol. The summed E-state index contributed by atoms with van der Waals surface area (Å²) in [6.45, 7) is 2.51. The topological polar surface area (TPSA) is 66.7 Å². The minimum atomic E-state index is -0.655. The quantitative estimate of drug-likeness (QED) is 0.775. The van der Waals surface area contributed by atoms with Crippen LogP contribution in [0.15, 0.2) is 41.1 Å². The first-order valence-corrected chi connectivity index (χ1v) is 8.80. The minimum absolute atomic E-state index is 0.0955. The maximum atomic E-state index is 13.3. The molecule has 26 heavy (non-hydrogen) atoms. The summed E-state index contributed by atoms with van der Waals surface area (Å²) in [6, 6.07) is 6.08. The normalized spacial score (nSPS) is 22.8. The minimum Gasteiger partial charge on any atom is -0.459 e. The molecule has 1 unspecified atom stereocenters. The second-order valence-corrected chi connectivity index (χ2v) is 7.15. The van der Waals surface area contributed by atoms with Gasteiger partial charge in [-0.05, 0) is 37.5 Å². The number of pyridine rings is 1. The lowest BCUT2D eigenvalue weighted by Gasteiger charge is -2.40. The maximum absolute atomic E-state index is 13.3. The van der Waals surface area contributed by atoms with Crippen molar-refractivity contribution in [3.8, 4) is 0 Å². The van der Waals surface area contributed by atoms with Crippen molar-refractivity contribution < 1.29 is 18.4 Å². The fourth-order valence-corrected chi connectivity index (χ4v) is 4.10. The van der Waals surface area contributed by atoms with Crippen molar-refractivity contribution in [3.63, 3.8) is 0 Å². The van der Waals surface area contributed by atoms with Crippen molar-refractivity contribution >= 4 is 11.8 Å². The van der Waals surface area contributed by atoms with E-state index in [2.05, 4.69) is 4.98 Å². The van der Waals surface area contributed by atoms with E-state index >= 15 is 0 Å². The van der Waals surface area contributed by atoms with Gasteiger partial charge in [0.2, 0.25) is 5.95 Å². The summed E-state index contributed by atoms with van der Waals surface area (Å²) in [5.41, 5.74) is 0.218. The van der Waals surface area contributed by atoms with Crippen molar-refractivity contribution in [3.05, 3.63) is 54.0 Å². The number of halogens is 1. The van der Waals surface area contributed by atoms with Crippen LogP contribution < -0.4 is 0 Å². The largest absolute Gasteiger partial charge is 0.459 e. The maximum Gasteiger partial charge on any atom is 0.289 e. The van der Waals surface area contributed by atoms with Crippen LogP contribution in [0.5, 0.6) is 0 Å². The van der Waals surface area contributed by atoms with E-state index in [4.69, 9.17) is 4.42 Å². The van der Waals surface area contributed by atoms with Crippen LogP contribution in [0.3, 0.4) is 0 Å². The fraction of sp³-hybridized carbons (Fsp3) is 0.421. The van der Waals surface area contributed by atoms with Crippen molar-refractivity contribution in [2.45, 2.75) is 19.3 Å². The Labute approximate surface area is 150 Å².